The maximum atomic E-state index is 13.1. The molecule has 2 fully saturated rings. The van der Waals surface area contributed by atoms with Crippen molar-refractivity contribution in [3.05, 3.63) is 34.6 Å². The van der Waals surface area contributed by atoms with Crippen molar-refractivity contribution in [2.75, 3.05) is 26.2 Å². The maximum Gasteiger partial charge on any atom is 0.141 e. The topological polar surface area (TPSA) is 6.48 Å². The Balaban J connectivity index is 1.62. The van der Waals surface area contributed by atoms with Crippen molar-refractivity contribution in [2.45, 2.75) is 31.8 Å². The van der Waals surface area contributed by atoms with Gasteiger partial charge in [-0.2, -0.15) is 0 Å². The summed E-state index contributed by atoms with van der Waals surface area (Å²) in [5.41, 5.74) is 1.11. The molecule has 2 heterocycles. The lowest BCUT2D eigenvalue weighted by Crippen LogP contribution is -2.54. The SMILES string of the molecule is Fc1ccc(CN2CCN3CCCCC3C2)cc1Cl. The van der Waals surface area contributed by atoms with Gasteiger partial charge in [-0.15, -0.1) is 0 Å². The molecule has 0 aliphatic carbocycles. The predicted octanol–water partition coefficient (Wildman–Crippen LogP) is 3.15. The third kappa shape index (κ3) is 3.10. The van der Waals surface area contributed by atoms with Crippen LogP contribution in [0.3, 0.4) is 0 Å². The molecule has 1 aromatic carbocycles. The Morgan fingerprint density at radius 3 is 2.95 bits per heavy atom. The fourth-order valence-electron chi connectivity index (χ4n) is 3.26. The summed E-state index contributed by atoms with van der Waals surface area (Å²) in [6, 6.07) is 5.78. The molecule has 0 amide bonds. The number of nitrogens with zero attached hydrogens (tertiary/aromatic N) is 2. The lowest BCUT2D eigenvalue weighted by molar-refractivity contribution is 0.0457. The van der Waals surface area contributed by atoms with E-state index in [-0.39, 0.29) is 10.8 Å². The van der Waals surface area contributed by atoms with Crippen molar-refractivity contribution in [3.8, 4) is 0 Å². The highest BCUT2D eigenvalue weighted by Gasteiger charge is 2.28. The van der Waals surface area contributed by atoms with Crippen LogP contribution in [0.25, 0.3) is 0 Å². The predicted molar refractivity (Wildman–Crippen MR) is 75.9 cm³/mol. The molecular weight excluding hydrogens is 263 g/mol. The first-order chi connectivity index (χ1) is 9.22. The van der Waals surface area contributed by atoms with Crippen molar-refractivity contribution < 1.29 is 4.39 Å². The zero-order valence-electron chi connectivity index (χ0n) is 11.1. The van der Waals surface area contributed by atoms with Crippen LogP contribution in [0.1, 0.15) is 24.8 Å². The first-order valence-electron chi connectivity index (χ1n) is 7.13. The minimum atomic E-state index is -0.331. The van der Waals surface area contributed by atoms with Gasteiger partial charge in [0.15, 0.2) is 0 Å². The third-order valence-corrected chi connectivity index (χ3v) is 4.60. The Morgan fingerprint density at radius 1 is 1.21 bits per heavy atom. The minimum absolute atomic E-state index is 0.230. The highest BCUT2D eigenvalue weighted by atomic mass is 35.5. The monoisotopic (exact) mass is 282 g/mol. The number of piperazine rings is 1. The summed E-state index contributed by atoms with van der Waals surface area (Å²) in [5.74, 6) is -0.331. The number of rotatable bonds is 2. The van der Waals surface area contributed by atoms with E-state index in [0.717, 1.165) is 31.2 Å². The zero-order valence-corrected chi connectivity index (χ0v) is 11.9. The number of fused-ring (bicyclic) bond motifs is 1. The fourth-order valence-corrected chi connectivity index (χ4v) is 3.46. The summed E-state index contributed by atoms with van der Waals surface area (Å²) < 4.78 is 13.1. The Kier molecular flexibility index (Phi) is 4.06. The summed E-state index contributed by atoms with van der Waals surface area (Å²) in [5, 5.41) is 0.230. The maximum absolute atomic E-state index is 13.1. The molecule has 0 bridgehead atoms. The lowest BCUT2D eigenvalue weighted by atomic mass is 9.99. The largest absolute Gasteiger partial charge is 0.298 e. The third-order valence-electron chi connectivity index (χ3n) is 4.31. The number of piperidine rings is 1. The van der Waals surface area contributed by atoms with Gasteiger partial charge in [-0.3, -0.25) is 9.80 Å². The molecule has 0 spiro atoms. The molecular formula is C15H20ClFN2. The van der Waals surface area contributed by atoms with Crippen LogP contribution in [-0.4, -0.2) is 42.0 Å². The van der Waals surface area contributed by atoms with Gasteiger partial charge in [0, 0.05) is 32.2 Å². The van der Waals surface area contributed by atoms with E-state index in [1.807, 2.05) is 6.07 Å². The number of hydrogen-bond acceptors (Lipinski definition) is 2. The van der Waals surface area contributed by atoms with E-state index >= 15 is 0 Å². The van der Waals surface area contributed by atoms with Crippen LogP contribution in [0.5, 0.6) is 0 Å². The quantitative estimate of drug-likeness (QED) is 0.822. The van der Waals surface area contributed by atoms with Crippen molar-refractivity contribution in [2.24, 2.45) is 0 Å². The first-order valence-corrected chi connectivity index (χ1v) is 7.50. The van der Waals surface area contributed by atoms with Gasteiger partial charge in [0.25, 0.3) is 0 Å². The Hall–Kier alpha value is -0.640. The van der Waals surface area contributed by atoms with E-state index in [1.165, 1.54) is 38.4 Å². The standard InChI is InChI=1S/C15H20ClFN2/c16-14-9-12(4-5-15(14)17)10-18-7-8-19-6-2-1-3-13(19)11-18/h4-5,9,13H,1-3,6-8,10-11H2. The van der Waals surface area contributed by atoms with E-state index in [1.54, 1.807) is 6.07 Å². The van der Waals surface area contributed by atoms with Gasteiger partial charge in [-0.1, -0.05) is 24.1 Å². The van der Waals surface area contributed by atoms with Gasteiger partial charge in [0.05, 0.1) is 5.02 Å². The Morgan fingerprint density at radius 2 is 2.11 bits per heavy atom. The number of hydrogen-bond donors (Lipinski definition) is 0. The molecule has 4 heteroatoms. The molecule has 19 heavy (non-hydrogen) atoms. The second-order valence-electron chi connectivity index (χ2n) is 5.67. The van der Waals surface area contributed by atoms with Crippen LogP contribution in [-0.2, 0) is 6.54 Å². The van der Waals surface area contributed by atoms with Crippen molar-refractivity contribution in [3.63, 3.8) is 0 Å². The van der Waals surface area contributed by atoms with Crippen molar-refractivity contribution in [1.82, 2.24) is 9.80 Å². The van der Waals surface area contributed by atoms with Crippen molar-refractivity contribution >= 4 is 11.6 Å². The van der Waals surface area contributed by atoms with E-state index < -0.39 is 0 Å². The average molecular weight is 283 g/mol. The van der Waals surface area contributed by atoms with E-state index in [0.29, 0.717) is 0 Å². The molecule has 1 atom stereocenters. The van der Waals surface area contributed by atoms with Crippen LogP contribution in [0.2, 0.25) is 5.02 Å². The molecule has 0 saturated carbocycles. The van der Waals surface area contributed by atoms with Crippen LogP contribution in [0.15, 0.2) is 18.2 Å². The second-order valence-corrected chi connectivity index (χ2v) is 6.08. The van der Waals surface area contributed by atoms with Gasteiger partial charge < -0.3 is 0 Å². The van der Waals surface area contributed by atoms with Gasteiger partial charge in [-0.25, -0.2) is 4.39 Å². The van der Waals surface area contributed by atoms with E-state index in [4.69, 9.17) is 11.6 Å². The summed E-state index contributed by atoms with van der Waals surface area (Å²) >= 11 is 5.84. The molecule has 2 aliphatic heterocycles. The van der Waals surface area contributed by atoms with Crippen LogP contribution >= 0.6 is 11.6 Å². The van der Waals surface area contributed by atoms with E-state index in [2.05, 4.69) is 9.80 Å². The van der Waals surface area contributed by atoms with Crippen LogP contribution in [0, 0.1) is 5.82 Å². The Bertz CT molecular complexity index is 452. The summed E-state index contributed by atoms with van der Waals surface area (Å²) in [4.78, 5) is 5.09. The molecule has 3 rings (SSSR count). The van der Waals surface area contributed by atoms with Gasteiger partial charge >= 0.3 is 0 Å². The molecule has 0 N–H and O–H groups in total. The molecule has 1 aromatic rings. The smallest absolute Gasteiger partial charge is 0.141 e. The Labute approximate surface area is 119 Å². The number of benzene rings is 1. The molecule has 2 nitrogen and oxygen atoms in total. The minimum Gasteiger partial charge on any atom is -0.298 e. The summed E-state index contributed by atoms with van der Waals surface area (Å²) in [6.07, 6.45) is 4.03. The second kappa shape index (κ2) is 5.78. The van der Waals surface area contributed by atoms with Crippen molar-refractivity contribution in [1.29, 1.82) is 0 Å². The molecule has 1 unspecified atom stereocenters. The fraction of sp³-hybridized carbons (Fsp3) is 0.600. The van der Waals surface area contributed by atoms with Crippen LogP contribution in [0.4, 0.5) is 4.39 Å². The first kappa shape index (κ1) is 13.3. The normalized spacial score (nSPS) is 25.3. The van der Waals surface area contributed by atoms with E-state index in [9.17, 15) is 4.39 Å². The molecule has 0 radical (unpaired) electrons. The highest BCUT2D eigenvalue weighted by molar-refractivity contribution is 6.30. The van der Waals surface area contributed by atoms with Gasteiger partial charge in [-0.05, 0) is 37.1 Å². The van der Waals surface area contributed by atoms with Gasteiger partial charge in [0.1, 0.15) is 5.82 Å². The zero-order chi connectivity index (χ0) is 13.2. The molecule has 2 aliphatic rings. The average Bonchev–Trinajstić information content (AvgIpc) is 2.43. The number of halogens is 2. The molecule has 104 valence electrons. The highest BCUT2D eigenvalue weighted by Crippen LogP contribution is 2.23. The molecule has 2 saturated heterocycles. The van der Waals surface area contributed by atoms with Crippen LogP contribution < -0.4 is 0 Å². The summed E-state index contributed by atoms with van der Waals surface area (Å²) in [6.45, 7) is 5.55. The summed E-state index contributed by atoms with van der Waals surface area (Å²) in [7, 11) is 0. The molecule has 0 aromatic heterocycles. The lowest BCUT2D eigenvalue weighted by Gasteiger charge is -2.44. The van der Waals surface area contributed by atoms with Gasteiger partial charge in [0.2, 0.25) is 0 Å².